The molecule has 132 valence electrons. The molecule has 6 nitrogen and oxygen atoms in total. The van der Waals surface area contributed by atoms with E-state index >= 15 is 0 Å². The van der Waals surface area contributed by atoms with Crippen molar-refractivity contribution in [2.75, 3.05) is 31.1 Å². The standard InChI is InChI=1S/C17H26N6.ClH/c1-13(2)23-17(18-19-20-23)12-21-7-9-22(10-8-21)16-11-14(3)5-6-15(16)4;/h5-6,11,13H,7-10,12H2,1-4H3;1H. The average Bonchev–Trinajstić information content (AvgIpc) is 2.99. The Morgan fingerprint density at radius 3 is 2.46 bits per heavy atom. The van der Waals surface area contributed by atoms with E-state index < -0.39 is 0 Å². The molecule has 0 atom stereocenters. The Morgan fingerprint density at radius 2 is 1.79 bits per heavy atom. The number of hydrogen-bond acceptors (Lipinski definition) is 5. The summed E-state index contributed by atoms with van der Waals surface area (Å²) in [6, 6.07) is 7.00. The van der Waals surface area contributed by atoms with Crippen molar-refractivity contribution in [3.05, 3.63) is 35.2 Å². The number of benzene rings is 1. The zero-order chi connectivity index (χ0) is 16.4. The van der Waals surface area contributed by atoms with Crippen LogP contribution in [0.4, 0.5) is 5.69 Å². The van der Waals surface area contributed by atoms with Crippen molar-refractivity contribution in [1.29, 1.82) is 0 Å². The van der Waals surface area contributed by atoms with E-state index in [1.807, 2.05) is 4.68 Å². The third-order valence-corrected chi connectivity index (χ3v) is 4.49. The largest absolute Gasteiger partial charge is 0.369 e. The van der Waals surface area contributed by atoms with Crippen LogP contribution in [0.1, 0.15) is 36.8 Å². The van der Waals surface area contributed by atoms with Gasteiger partial charge < -0.3 is 4.90 Å². The molecule has 7 heteroatoms. The lowest BCUT2D eigenvalue weighted by molar-refractivity contribution is 0.237. The van der Waals surface area contributed by atoms with Gasteiger partial charge in [0.15, 0.2) is 5.82 Å². The summed E-state index contributed by atoms with van der Waals surface area (Å²) in [6.07, 6.45) is 0. The molecule has 1 aliphatic rings. The quantitative estimate of drug-likeness (QED) is 0.848. The first-order valence-electron chi connectivity index (χ1n) is 8.36. The molecular weight excluding hydrogens is 324 g/mol. The lowest BCUT2D eigenvalue weighted by Gasteiger charge is -2.36. The van der Waals surface area contributed by atoms with Gasteiger partial charge in [0.2, 0.25) is 0 Å². The molecule has 2 aromatic rings. The number of nitrogens with zero attached hydrogens (tertiary/aromatic N) is 6. The van der Waals surface area contributed by atoms with Gasteiger partial charge in [0.1, 0.15) is 0 Å². The van der Waals surface area contributed by atoms with Crippen LogP contribution in [0.5, 0.6) is 0 Å². The highest BCUT2D eigenvalue weighted by Crippen LogP contribution is 2.23. The van der Waals surface area contributed by atoms with E-state index in [0.29, 0.717) is 6.04 Å². The molecule has 3 rings (SSSR count). The Balaban J connectivity index is 0.00000208. The molecule has 0 radical (unpaired) electrons. The smallest absolute Gasteiger partial charge is 0.165 e. The maximum atomic E-state index is 4.18. The van der Waals surface area contributed by atoms with Crippen LogP contribution in [-0.2, 0) is 6.54 Å². The van der Waals surface area contributed by atoms with E-state index in [4.69, 9.17) is 0 Å². The fraction of sp³-hybridized carbons (Fsp3) is 0.588. The molecule has 0 saturated carbocycles. The Bertz CT molecular complexity index is 661. The van der Waals surface area contributed by atoms with Crippen molar-refractivity contribution in [3.63, 3.8) is 0 Å². The van der Waals surface area contributed by atoms with Crippen molar-refractivity contribution in [1.82, 2.24) is 25.1 Å². The zero-order valence-electron chi connectivity index (χ0n) is 14.9. The predicted molar refractivity (Wildman–Crippen MR) is 98.9 cm³/mol. The summed E-state index contributed by atoms with van der Waals surface area (Å²) < 4.78 is 1.91. The van der Waals surface area contributed by atoms with Gasteiger partial charge in [-0.2, -0.15) is 0 Å². The third kappa shape index (κ3) is 4.05. The maximum absolute atomic E-state index is 4.18. The van der Waals surface area contributed by atoms with Gasteiger partial charge in [-0.25, -0.2) is 4.68 Å². The number of aryl methyl sites for hydroxylation is 2. The highest BCUT2D eigenvalue weighted by Gasteiger charge is 2.21. The lowest BCUT2D eigenvalue weighted by atomic mass is 10.1. The van der Waals surface area contributed by atoms with Crippen molar-refractivity contribution >= 4 is 18.1 Å². The van der Waals surface area contributed by atoms with E-state index in [-0.39, 0.29) is 12.4 Å². The van der Waals surface area contributed by atoms with E-state index in [1.54, 1.807) is 0 Å². The Kier molecular flexibility index (Phi) is 6.18. The number of hydrogen-bond donors (Lipinski definition) is 0. The molecule has 1 aliphatic heterocycles. The predicted octanol–water partition coefficient (Wildman–Crippen LogP) is 2.61. The zero-order valence-corrected chi connectivity index (χ0v) is 15.8. The van der Waals surface area contributed by atoms with E-state index in [0.717, 1.165) is 38.5 Å². The molecule has 1 saturated heterocycles. The van der Waals surface area contributed by atoms with Gasteiger partial charge in [-0.3, -0.25) is 4.90 Å². The maximum Gasteiger partial charge on any atom is 0.165 e. The number of halogens is 1. The monoisotopic (exact) mass is 350 g/mol. The fourth-order valence-electron chi connectivity index (χ4n) is 3.12. The van der Waals surface area contributed by atoms with Gasteiger partial charge in [0, 0.05) is 31.9 Å². The highest BCUT2D eigenvalue weighted by molar-refractivity contribution is 5.85. The number of tetrazole rings is 1. The van der Waals surface area contributed by atoms with Gasteiger partial charge in [0.05, 0.1) is 12.6 Å². The fourth-order valence-corrected chi connectivity index (χ4v) is 3.12. The van der Waals surface area contributed by atoms with Crippen molar-refractivity contribution in [2.45, 2.75) is 40.3 Å². The summed E-state index contributed by atoms with van der Waals surface area (Å²) in [7, 11) is 0. The Hall–Kier alpha value is -1.66. The van der Waals surface area contributed by atoms with Crippen LogP contribution >= 0.6 is 12.4 Å². The molecule has 1 aromatic heterocycles. The topological polar surface area (TPSA) is 50.1 Å². The Morgan fingerprint density at radius 1 is 1.08 bits per heavy atom. The van der Waals surface area contributed by atoms with Gasteiger partial charge in [-0.05, 0) is 55.3 Å². The van der Waals surface area contributed by atoms with Crippen LogP contribution in [-0.4, -0.2) is 51.3 Å². The number of rotatable bonds is 4. The first kappa shape index (κ1) is 18.7. The summed E-state index contributed by atoms with van der Waals surface area (Å²) in [5.41, 5.74) is 4.05. The van der Waals surface area contributed by atoms with Gasteiger partial charge >= 0.3 is 0 Å². The normalized spacial score (nSPS) is 15.6. The van der Waals surface area contributed by atoms with Crippen LogP contribution in [0.3, 0.4) is 0 Å². The number of aromatic nitrogens is 4. The highest BCUT2D eigenvalue weighted by atomic mass is 35.5. The first-order valence-corrected chi connectivity index (χ1v) is 8.36. The van der Waals surface area contributed by atoms with E-state index in [2.05, 4.69) is 71.2 Å². The lowest BCUT2D eigenvalue weighted by Crippen LogP contribution is -2.46. The second kappa shape index (κ2) is 7.94. The molecule has 1 aromatic carbocycles. The molecule has 1 fully saturated rings. The van der Waals surface area contributed by atoms with E-state index in [9.17, 15) is 0 Å². The minimum atomic E-state index is 0. The van der Waals surface area contributed by atoms with Gasteiger partial charge in [-0.15, -0.1) is 17.5 Å². The first-order chi connectivity index (χ1) is 11.0. The second-order valence-electron chi connectivity index (χ2n) is 6.69. The SMILES string of the molecule is Cc1ccc(C)c(N2CCN(Cc3nnnn3C(C)C)CC2)c1.Cl. The Labute approximate surface area is 150 Å². The van der Waals surface area contributed by atoms with E-state index in [1.165, 1.54) is 16.8 Å². The molecule has 0 aliphatic carbocycles. The third-order valence-electron chi connectivity index (χ3n) is 4.49. The molecule has 0 N–H and O–H groups in total. The minimum absolute atomic E-state index is 0. The molecule has 24 heavy (non-hydrogen) atoms. The minimum Gasteiger partial charge on any atom is -0.369 e. The molecular formula is C17H27ClN6. The summed E-state index contributed by atoms with van der Waals surface area (Å²) in [6.45, 7) is 13.6. The van der Waals surface area contributed by atoms with Crippen LogP contribution in [0.2, 0.25) is 0 Å². The number of anilines is 1. The van der Waals surface area contributed by atoms with Crippen molar-refractivity contribution in [2.24, 2.45) is 0 Å². The summed E-state index contributed by atoms with van der Waals surface area (Å²) >= 11 is 0. The molecule has 0 amide bonds. The molecule has 2 heterocycles. The number of piperazine rings is 1. The summed E-state index contributed by atoms with van der Waals surface area (Å²) in [5, 5.41) is 12.1. The van der Waals surface area contributed by atoms with Crippen LogP contribution < -0.4 is 4.90 Å². The molecule has 0 unspecified atom stereocenters. The molecule has 0 spiro atoms. The average molecular weight is 351 g/mol. The van der Waals surface area contributed by atoms with Crippen LogP contribution in [0, 0.1) is 13.8 Å². The summed E-state index contributed by atoms with van der Waals surface area (Å²) in [5.74, 6) is 0.959. The van der Waals surface area contributed by atoms with Gasteiger partial charge in [0.25, 0.3) is 0 Å². The molecule has 0 bridgehead atoms. The second-order valence-corrected chi connectivity index (χ2v) is 6.69. The summed E-state index contributed by atoms with van der Waals surface area (Å²) in [4.78, 5) is 4.93. The van der Waals surface area contributed by atoms with Crippen molar-refractivity contribution < 1.29 is 0 Å². The van der Waals surface area contributed by atoms with Gasteiger partial charge in [-0.1, -0.05) is 12.1 Å². The van der Waals surface area contributed by atoms with Crippen molar-refractivity contribution in [3.8, 4) is 0 Å². The van der Waals surface area contributed by atoms with Crippen LogP contribution in [0.15, 0.2) is 18.2 Å². The van der Waals surface area contributed by atoms with Crippen LogP contribution in [0.25, 0.3) is 0 Å².